The van der Waals surface area contributed by atoms with Crippen LogP contribution in [0.25, 0.3) is 0 Å². The van der Waals surface area contributed by atoms with Crippen LogP contribution in [0.3, 0.4) is 0 Å². The van der Waals surface area contributed by atoms with E-state index in [1.54, 1.807) is 0 Å². The molecule has 0 aliphatic carbocycles. The quantitative estimate of drug-likeness (QED) is 0.556. The Bertz CT molecular complexity index is 366. The van der Waals surface area contributed by atoms with Crippen molar-refractivity contribution >= 4 is 17.6 Å². The molecule has 0 aliphatic heterocycles. The zero-order valence-electron chi connectivity index (χ0n) is 8.30. The number of nitrogens with zero attached hydrogens (tertiary/aromatic N) is 2. The van der Waals surface area contributed by atoms with Crippen molar-refractivity contribution in [3.63, 3.8) is 0 Å². The fraction of sp³-hybridized carbons (Fsp3) is 0.444. The molecule has 1 aromatic rings. The van der Waals surface area contributed by atoms with Gasteiger partial charge in [-0.15, -0.1) is 0 Å². The smallest absolute Gasteiger partial charge is 0.376 e. The minimum Gasteiger partial charge on any atom is -0.463 e. The van der Waals surface area contributed by atoms with Crippen molar-refractivity contribution in [2.75, 3.05) is 7.11 Å². The summed E-state index contributed by atoms with van der Waals surface area (Å²) in [5.41, 5.74) is 1.58. The van der Waals surface area contributed by atoms with E-state index in [0.29, 0.717) is 11.6 Å². The van der Waals surface area contributed by atoms with E-state index in [1.807, 2.05) is 13.8 Å². The maximum absolute atomic E-state index is 11.1. The van der Waals surface area contributed by atoms with Gasteiger partial charge in [0.05, 0.1) is 7.11 Å². The molecule has 5 heteroatoms. The number of aryl methyl sites for hydroxylation is 1. The molecule has 0 fully saturated rings. The molecule has 0 aliphatic rings. The lowest BCUT2D eigenvalue weighted by molar-refractivity contribution is 0.0586. The van der Waals surface area contributed by atoms with Gasteiger partial charge in [0.1, 0.15) is 5.15 Å². The number of ether oxygens (including phenoxy) is 1. The van der Waals surface area contributed by atoms with Gasteiger partial charge in [-0.2, -0.15) is 0 Å². The first-order valence-corrected chi connectivity index (χ1v) is 4.59. The first-order valence-electron chi connectivity index (χ1n) is 4.21. The van der Waals surface area contributed by atoms with Crippen LogP contribution in [0.1, 0.15) is 28.8 Å². The number of hydrogen-bond donors (Lipinski definition) is 0. The van der Waals surface area contributed by atoms with Crippen molar-refractivity contribution in [2.45, 2.75) is 20.3 Å². The maximum Gasteiger partial charge on any atom is 0.376 e. The van der Waals surface area contributed by atoms with Crippen LogP contribution in [0, 0.1) is 6.92 Å². The van der Waals surface area contributed by atoms with E-state index >= 15 is 0 Å². The highest BCUT2D eigenvalue weighted by Crippen LogP contribution is 2.16. The number of halogens is 1. The lowest BCUT2D eigenvalue weighted by Crippen LogP contribution is -2.10. The molecular formula is C9H11ClN2O2. The molecule has 0 spiro atoms. The van der Waals surface area contributed by atoms with Crippen LogP contribution in [-0.2, 0) is 11.2 Å². The number of carbonyl (C=O) groups excluding carboxylic acids is 1. The molecule has 14 heavy (non-hydrogen) atoms. The Kier molecular flexibility index (Phi) is 3.41. The van der Waals surface area contributed by atoms with Crippen molar-refractivity contribution < 1.29 is 9.53 Å². The largest absolute Gasteiger partial charge is 0.463 e. The van der Waals surface area contributed by atoms with Gasteiger partial charge in [0.15, 0.2) is 0 Å². The summed E-state index contributed by atoms with van der Waals surface area (Å²) < 4.78 is 4.51. The highest BCUT2D eigenvalue weighted by atomic mass is 35.5. The first-order chi connectivity index (χ1) is 6.60. The zero-order valence-corrected chi connectivity index (χ0v) is 9.05. The number of rotatable bonds is 2. The Morgan fingerprint density at radius 3 is 2.64 bits per heavy atom. The van der Waals surface area contributed by atoms with Crippen molar-refractivity contribution in [1.82, 2.24) is 9.97 Å². The molecule has 0 amide bonds. The lowest BCUT2D eigenvalue weighted by Gasteiger charge is -2.05. The summed E-state index contributed by atoms with van der Waals surface area (Å²) in [5.74, 6) is -0.554. The molecule has 0 unspecified atom stereocenters. The molecule has 0 aromatic carbocycles. The van der Waals surface area contributed by atoms with E-state index in [1.165, 1.54) is 7.11 Å². The van der Waals surface area contributed by atoms with Gasteiger partial charge >= 0.3 is 5.97 Å². The molecule has 0 N–H and O–H groups in total. The number of methoxy groups -OCH3 is 1. The van der Waals surface area contributed by atoms with Crippen LogP contribution in [0.5, 0.6) is 0 Å². The van der Waals surface area contributed by atoms with E-state index in [0.717, 1.165) is 11.3 Å². The highest BCUT2D eigenvalue weighted by molar-refractivity contribution is 6.30. The summed E-state index contributed by atoms with van der Waals surface area (Å²) in [7, 11) is 1.28. The molecule has 76 valence electrons. The molecule has 1 heterocycles. The fourth-order valence-electron chi connectivity index (χ4n) is 1.06. The number of carbonyl (C=O) groups is 1. The van der Waals surface area contributed by atoms with Crippen LogP contribution in [0.15, 0.2) is 0 Å². The van der Waals surface area contributed by atoms with Crippen molar-refractivity contribution in [3.05, 3.63) is 22.2 Å². The van der Waals surface area contributed by atoms with Gasteiger partial charge in [0, 0.05) is 11.3 Å². The van der Waals surface area contributed by atoms with Crippen LogP contribution in [0.2, 0.25) is 5.15 Å². The van der Waals surface area contributed by atoms with Crippen molar-refractivity contribution in [3.8, 4) is 0 Å². The molecular weight excluding hydrogens is 204 g/mol. The van der Waals surface area contributed by atoms with Gasteiger partial charge in [-0.3, -0.25) is 0 Å². The zero-order chi connectivity index (χ0) is 10.7. The van der Waals surface area contributed by atoms with Gasteiger partial charge in [-0.25, -0.2) is 14.8 Å². The topological polar surface area (TPSA) is 52.1 Å². The summed E-state index contributed by atoms with van der Waals surface area (Å²) in [6, 6.07) is 0. The summed E-state index contributed by atoms with van der Waals surface area (Å²) in [6.45, 7) is 3.76. The fourth-order valence-corrected chi connectivity index (χ4v) is 1.25. The summed E-state index contributed by atoms with van der Waals surface area (Å²) in [4.78, 5) is 19.0. The Balaban J connectivity index is 3.22. The standard InChI is InChI=1S/C9H11ClN2O2/c1-4-6-5(2)7(10)12-8(11-6)9(13)14-3/h4H2,1-3H3. The van der Waals surface area contributed by atoms with Crippen molar-refractivity contribution in [2.24, 2.45) is 0 Å². The second kappa shape index (κ2) is 4.37. The normalized spacial score (nSPS) is 10.0. The average molecular weight is 215 g/mol. The van der Waals surface area contributed by atoms with E-state index in [4.69, 9.17) is 11.6 Å². The van der Waals surface area contributed by atoms with Crippen LogP contribution in [0.4, 0.5) is 0 Å². The van der Waals surface area contributed by atoms with Crippen LogP contribution < -0.4 is 0 Å². The van der Waals surface area contributed by atoms with E-state index in [-0.39, 0.29) is 5.82 Å². The molecule has 1 rings (SSSR count). The summed E-state index contributed by atoms with van der Waals surface area (Å²) in [6.07, 6.45) is 0.706. The summed E-state index contributed by atoms with van der Waals surface area (Å²) in [5, 5.41) is 0.303. The van der Waals surface area contributed by atoms with Gasteiger partial charge in [0.25, 0.3) is 0 Å². The Labute approximate surface area is 87.3 Å². The Morgan fingerprint density at radius 1 is 1.50 bits per heavy atom. The molecule has 0 bridgehead atoms. The average Bonchev–Trinajstić information content (AvgIpc) is 2.20. The minimum atomic E-state index is -0.568. The first kappa shape index (κ1) is 10.9. The second-order valence-corrected chi connectivity index (χ2v) is 3.11. The van der Waals surface area contributed by atoms with Crippen molar-refractivity contribution in [1.29, 1.82) is 0 Å². The van der Waals surface area contributed by atoms with Crippen LogP contribution in [-0.4, -0.2) is 23.0 Å². The minimum absolute atomic E-state index is 0.0138. The number of esters is 1. The van der Waals surface area contributed by atoms with E-state index in [9.17, 15) is 4.79 Å². The third-order valence-electron chi connectivity index (χ3n) is 1.89. The van der Waals surface area contributed by atoms with Gasteiger partial charge in [-0.05, 0) is 13.3 Å². The third-order valence-corrected chi connectivity index (χ3v) is 2.26. The number of hydrogen-bond acceptors (Lipinski definition) is 4. The molecule has 0 saturated heterocycles. The van der Waals surface area contributed by atoms with Gasteiger partial charge < -0.3 is 4.74 Å². The molecule has 0 atom stereocenters. The highest BCUT2D eigenvalue weighted by Gasteiger charge is 2.14. The Hall–Kier alpha value is -1.16. The molecule has 0 saturated carbocycles. The van der Waals surface area contributed by atoms with Gasteiger partial charge in [-0.1, -0.05) is 18.5 Å². The predicted octanol–water partition coefficient (Wildman–Crippen LogP) is 1.79. The second-order valence-electron chi connectivity index (χ2n) is 2.75. The van der Waals surface area contributed by atoms with E-state index in [2.05, 4.69) is 14.7 Å². The monoisotopic (exact) mass is 214 g/mol. The summed E-state index contributed by atoms with van der Waals surface area (Å²) >= 11 is 5.84. The van der Waals surface area contributed by atoms with Crippen LogP contribution >= 0.6 is 11.6 Å². The maximum atomic E-state index is 11.1. The SMILES string of the molecule is CCc1nc(C(=O)OC)nc(Cl)c1C. The van der Waals surface area contributed by atoms with E-state index < -0.39 is 5.97 Å². The third kappa shape index (κ3) is 2.01. The molecule has 0 radical (unpaired) electrons. The Morgan fingerprint density at radius 2 is 2.14 bits per heavy atom. The lowest BCUT2D eigenvalue weighted by atomic mass is 10.2. The molecule has 1 aromatic heterocycles. The molecule has 4 nitrogen and oxygen atoms in total. The number of aromatic nitrogens is 2. The van der Waals surface area contributed by atoms with Gasteiger partial charge in [0.2, 0.25) is 5.82 Å². The predicted molar refractivity (Wildman–Crippen MR) is 52.5 cm³/mol.